The maximum Gasteiger partial charge on any atom is 0.341 e. The number of carbonyl (C=O) groups is 1. The molecule has 30 heavy (non-hydrogen) atoms. The molecule has 1 heterocycles. The number of hydrogen-bond acceptors (Lipinski definition) is 6. The number of nitrogens with zero attached hydrogens (tertiary/aromatic N) is 1. The molecule has 0 unspecified atom stereocenters. The molecule has 7 nitrogen and oxygen atoms in total. The van der Waals surface area contributed by atoms with Crippen molar-refractivity contribution in [2.45, 2.75) is 26.2 Å². The molecule has 0 aliphatic heterocycles. The molecule has 0 aliphatic rings. The van der Waals surface area contributed by atoms with E-state index in [2.05, 4.69) is 24.9 Å². The first-order valence-electron chi connectivity index (χ1n) is 9.79. The fraction of sp³-hybridized carbons (Fsp3) is 0.391. The Balaban J connectivity index is 2.27. The number of ether oxygens (including phenoxy) is 4. The second kappa shape index (κ2) is 9.17. The summed E-state index contributed by atoms with van der Waals surface area (Å²) in [4.78, 5) is 16.3. The second-order valence-corrected chi connectivity index (χ2v) is 7.29. The SMILES string of the molecule is COCCCOc1cc2cc(C(C)C)c3cc(C(=O)O)c(OC)nc3c2cc1OC. The number of rotatable bonds is 9. The lowest BCUT2D eigenvalue weighted by Gasteiger charge is -2.17. The van der Waals surface area contributed by atoms with Crippen molar-refractivity contribution in [2.75, 3.05) is 34.5 Å². The zero-order valence-corrected chi connectivity index (χ0v) is 17.9. The number of aromatic carboxylic acids is 1. The van der Waals surface area contributed by atoms with Gasteiger partial charge in [-0.05, 0) is 35.1 Å². The van der Waals surface area contributed by atoms with Crippen molar-refractivity contribution in [1.29, 1.82) is 0 Å². The largest absolute Gasteiger partial charge is 0.493 e. The zero-order chi connectivity index (χ0) is 21.8. The highest BCUT2D eigenvalue weighted by molar-refractivity contribution is 6.10. The van der Waals surface area contributed by atoms with Crippen LogP contribution >= 0.6 is 0 Å². The summed E-state index contributed by atoms with van der Waals surface area (Å²) in [6.45, 7) is 5.26. The van der Waals surface area contributed by atoms with Crippen molar-refractivity contribution < 1.29 is 28.8 Å². The minimum Gasteiger partial charge on any atom is -0.493 e. The third-order valence-corrected chi connectivity index (χ3v) is 5.00. The first-order valence-corrected chi connectivity index (χ1v) is 9.79. The van der Waals surface area contributed by atoms with Crippen molar-refractivity contribution >= 4 is 27.6 Å². The van der Waals surface area contributed by atoms with Gasteiger partial charge in [0.25, 0.3) is 0 Å². The van der Waals surface area contributed by atoms with Gasteiger partial charge in [0.1, 0.15) is 5.56 Å². The monoisotopic (exact) mass is 413 g/mol. The fourth-order valence-electron chi connectivity index (χ4n) is 3.51. The van der Waals surface area contributed by atoms with Crippen LogP contribution in [0, 0.1) is 0 Å². The Morgan fingerprint density at radius 3 is 2.37 bits per heavy atom. The molecule has 0 spiro atoms. The topological polar surface area (TPSA) is 87.1 Å². The molecule has 3 rings (SSSR count). The van der Waals surface area contributed by atoms with Crippen LogP contribution < -0.4 is 14.2 Å². The number of aromatic nitrogens is 1. The molecule has 0 aliphatic carbocycles. The van der Waals surface area contributed by atoms with E-state index in [1.54, 1.807) is 20.3 Å². The van der Waals surface area contributed by atoms with E-state index >= 15 is 0 Å². The van der Waals surface area contributed by atoms with E-state index in [1.807, 2.05) is 12.1 Å². The summed E-state index contributed by atoms with van der Waals surface area (Å²) in [5, 5.41) is 12.1. The van der Waals surface area contributed by atoms with Crippen LogP contribution in [0.15, 0.2) is 24.3 Å². The maximum atomic E-state index is 11.7. The highest BCUT2D eigenvalue weighted by Gasteiger charge is 2.20. The highest BCUT2D eigenvalue weighted by Crippen LogP contribution is 2.39. The van der Waals surface area contributed by atoms with Gasteiger partial charge in [-0.15, -0.1) is 0 Å². The summed E-state index contributed by atoms with van der Waals surface area (Å²) in [6, 6.07) is 7.51. The van der Waals surface area contributed by atoms with Gasteiger partial charge in [-0.1, -0.05) is 19.9 Å². The molecule has 1 N–H and O–H groups in total. The lowest BCUT2D eigenvalue weighted by Crippen LogP contribution is -2.05. The Morgan fingerprint density at radius 2 is 1.77 bits per heavy atom. The Hall–Kier alpha value is -3.06. The zero-order valence-electron chi connectivity index (χ0n) is 17.9. The Morgan fingerprint density at radius 1 is 1.00 bits per heavy atom. The Bertz CT molecular complexity index is 1080. The first kappa shape index (κ1) is 21.6. The van der Waals surface area contributed by atoms with Gasteiger partial charge in [0.2, 0.25) is 5.88 Å². The summed E-state index contributed by atoms with van der Waals surface area (Å²) >= 11 is 0. The fourth-order valence-corrected chi connectivity index (χ4v) is 3.51. The number of fused-ring (bicyclic) bond motifs is 3. The van der Waals surface area contributed by atoms with E-state index in [0.29, 0.717) is 30.2 Å². The minimum absolute atomic E-state index is 0.0383. The number of pyridine rings is 1. The molecular weight excluding hydrogens is 386 g/mol. The van der Waals surface area contributed by atoms with Gasteiger partial charge in [0, 0.05) is 30.9 Å². The smallest absolute Gasteiger partial charge is 0.341 e. The maximum absolute atomic E-state index is 11.7. The molecule has 0 amide bonds. The quantitative estimate of drug-likeness (QED) is 0.404. The van der Waals surface area contributed by atoms with Crippen LogP contribution in [-0.2, 0) is 4.74 Å². The van der Waals surface area contributed by atoms with E-state index < -0.39 is 5.97 Å². The predicted molar refractivity (Wildman–Crippen MR) is 115 cm³/mol. The normalized spacial score (nSPS) is 11.3. The van der Waals surface area contributed by atoms with E-state index in [1.165, 1.54) is 7.11 Å². The van der Waals surface area contributed by atoms with Gasteiger partial charge in [-0.3, -0.25) is 0 Å². The molecule has 1 aromatic heterocycles. The number of methoxy groups -OCH3 is 3. The molecule has 7 heteroatoms. The lowest BCUT2D eigenvalue weighted by atomic mass is 9.93. The van der Waals surface area contributed by atoms with Crippen molar-refractivity contribution in [3.05, 3.63) is 35.4 Å². The van der Waals surface area contributed by atoms with Crippen molar-refractivity contribution in [3.8, 4) is 17.4 Å². The minimum atomic E-state index is -1.08. The average Bonchev–Trinajstić information content (AvgIpc) is 2.74. The molecule has 0 fully saturated rings. The van der Waals surface area contributed by atoms with Gasteiger partial charge < -0.3 is 24.1 Å². The van der Waals surface area contributed by atoms with Crippen molar-refractivity contribution in [1.82, 2.24) is 4.98 Å². The average molecular weight is 413 g/mol. The molecule has 3 aromatic rings. The van der Waals surface area contributed by atoms with Gasteiger partial charge >= 0.3 is 5.97 Å². The van der Waals surface area contributed by atoms with Crippen LogP contribution in [0.5, 0.6) is 17.4 Å². The summed E-state index contributed by atoms with van der Waals surface area (Å²) in [5.74, 6) is 0.400. The summed E-state index contributed by atoms with van der Waals surface area (Å²) < 4.78 is 21.8. The molecule has 2 aromatic carbocycles. The van der Waals surface area contributed by atoms with E-state index in [4.69, 9.17) is 18.9 Å². The number of hydrogen-bond donors (Lipinski definition) is 1. The molecular formula is C23H27NO6. The van der Waals surface area contributed by atoms with Gasteiger partial charge in [-0.25, -0.2) is 9.78 Å². The summed E-state index contributed by atoms with van der Waals surface area (Å²) in [6.07, 6.45) is 0.767. The summed E-state index contributed by atoms with van der Waals surface area (Å²) in [7, 11) is 4.66. The van der Waals surface area contributed by atoms with E-state index in [0.717, 1.165) is 28.1 Å². The molecule has 0 radical (unpaired) electrons. The first-order chi connectivity index (χ1) is 14.4. The number of carboxylic acid groups (broad SMARTS) is 1. The third-order valence-electron chi connectivity index (χ3n) is 5.00. The van der Waals surface area contributed by atoms with Crippen LogP contribution in [0.3, 0.4) is 0 Å². The van der Waals surface area contributed by atoms with Crippen molar-refractivity contribution in [3.63, 3.8) is 0 Å². The molecule has 0 atom stereocenters. The highest BCUT2D eigenvalue weighted by atomic mass is 16.5. The lowest BCUT2D eigenvalue weighted by molar-refractivity contribution is 0.0692. The Kier molecular flexibility index (Phi) is 6.62. The number of carboxylic acids is 1. The molecule has 160 valence electrons. The summed E-state index contributed by atoms with van der Waals surface area (Å²) in [5.41, 5.74) is 1.71. The van der Waals surface area contributed by atoms with Gasteiger partial charge in [-0.2, -0.15) is 0 Å². The number of benzene rings is 2. The predicted octanol–water partition coefficient (Wildman–Crippen LogP) is 4.64. The van der Waals surface area contributed by atoms with Crippen LogP contribution in [0.4, 0.5) is 0 Å². The third kappa shape index (κ3) is 4.11. The van der Waals surface area contributed by atoms with Gasteiger partial charge in [0.05, 0.1) is 26.3 Å². The van der Waals surface area contributed by atoms with E-state index in [-0.39, 0.29) is 17.4 Å². The molecule has 0 saturated carbocycles. The van der Waals surface area contributed by atoms with Crippen LogP contribution in [0.25, 0.3) is 21.7 Å². The van der Waals surface area contributed by atoms with Gasteiger partial charge in [0.15, 0.2) is 11.5 Å². The van der Waals surface area contributed by atoms with Crippen molar-refractivity contribution in [2.24, 2.45) is 0 Å². The standard InChI is InChI=1S/C23H27NO6/c1-13(2)15-9-14-10-20(30-8-6-7-27-3)19(28-4)12-16(14)21-17(15)11-18(23(25)26)22(24-21)29-5/h9-13H,6-8H2,1-5H3,(H,25,26). The molecule has 0 saturated heterocycles. The van der Waals surface area contributed by atoms with Crippen LogP contribution in [0.2, 0.25) is 0 Å². The van der Waals surface area contributed by atoms with E-state index in [9.17, 15) is 9.90 Å². The molecule has 0 bridgehead atoms. The second-order valence-electron chi connectivity index (χ2n) is 7.29. The van der Waals surface area contributed by atoms with Crippen LogP contribution in [-0.4, -0.2) is 50.6 Å². The van der Waals surface area contributed by atoms with Crippen LogP contribution in [0.1, 0.15) is 42.1 Å². The Labute approximate surface area is 175 Å².